The second-order valence-corrected chi connectivity index (χ2v) is 7.61. The lowest BCUT2D eigenvalue weighted by Crippen LogP contribution is -2.35. The van der Waals surface area contributed by atoms with Gasteiger partial charge in [0, 0.05) is 55.4 Å². The Morgan fingerprint density at radius 2 is 2.19 bits per heavy atom. The van der Waals surface area contributed by atoms with Gasteiger partial charge in [-0.3, -0.25) is 14.9 Å². The lowest BCUT2D eigenvalue weighted by molar-refractivity contribution is 0.0826. The zero-order valence-corrected chi connectivity index (χ0v) is 16.2. The van der Waals surface area contributed by atoms with Gasteiger partial charge in [-0.25, -0.2) is 0 Å². The number of pyridine rings is 1. The first-order valence-corrected chi connectivity index (χ1v) is 9.46. The number of carbonyl (C=O) groups is 1. The van der Waals surface area contributed by atoms with E-state index in [2.05, 4.69) is 20.1 Å². The van der Waals surface area contributed by atoms with E-state index in [0.29, 0.717) is 10.6 Å². The minimum Gasteiger partial charge on any atom is -0.370 e. The van der Waals surface area contributed by atoms with Gasteiger partial charge in [0.25, 0.3) is 5.91 Å². The first-order chi connectivity index (χ1) is 13.0. The molecular weight excluding hydrogens is 362 g/mol. The first-order valence-electron chi connectivity index (χ1n) is 9.08. The molecule has 1 fully saturated rings. The number of H-pyrrole nitrogens is 1. The topological polar surface area (TPSA) is 65.1 Å². The van der Waals surface area contributed by atoms with Crippen molar-refractivity contribution in [1.82, 2.24) is 20.1 Å². The van der Waals surface area contributed by atoms with E-state index in [1.165, 1.54) is 0 Å². The Hall–Kier alpha value is -2.60. The minimum atomic E-state index is -0.0167. The van der Waals surface area contributed by atoms with Crippen molar-refractivity contribution in [3.63, 3.8) is 0 Å². The van der Waals surface area contributed by atoms with Crippen LogP contribution in [0.3, 0.4) is 0 Å². The summed E-state index contributed by atoms with van der Waals surface area (Å²) in [5.74, 6) is 0.208. The van der Waals surface area contributed by atoms with E-state index in [-0.39, 0.29) is 11.8 Å². The van der Waals surface area contributed by atoms with Crippen molar-refractivity contribution in [1.29, 1.82) is 0 Å². The van der Waals surface area contributed by atoms with E-state index in [0.717, 1.165) is 48.2 Å². The van der Waals surface area contributed by atoms with Crippen LogP contribution < -0.4 is 4.90 Å². The zero-order valence-electron chi connectivity index (χ0n) is 15.4. The summed E-state index contributed by atoms with van der Waals surface area (Å²) in [6.45, 7) is 1.79. The van der Waals surface area contributed by atoms with E-state index in [4.69, 9.17) is 11.6 Å². The zero-order chi connectivity index (χ0) is 19.0. The molecule has 6 nitrogen and oxygen atoms in total. The Morgan fingerprint density at radius 1 is 1.33 bits per heavy atom. The normalized spacial score (nSPS) is 17.3. The third-order valence-corrected chi connectivity index (χ3v) is 5.39. The van der Waals surface area contributed by atoms with Crippen molar-refractivity contribution in [2.75, 3.05) is 32.1 Å². The van der Waals surface area contributed by atoms with E-state index < -0.39 is 0 Å². The number of piperidine rings is 1. The van der Waals surface area contributed by atoms with Crippen molar-refractivity contribution in [3.8, 4) is 0 Å². The number of nitrogens with zero attached hydrogens (tertiary/aromatic N) is 4. The minimum absolute atomic E-state index is 0.0167. The van der Waals surface area contributed by atoms with Crippen LogP contribution >= 0.6 is 11.6 Å². The smallest absolute Gasteiger partial charge is 0.256 e. The Morgan fingerprint density at radius 3 is 3.00 bits per heavy atom. The molecule has 0 spiro atoms. The highest BCUT2D eigenvalue weighted by atomic mass is 35.5. The fraction of sp³-hybridized carbons (Fsp3) is 0.350. The van der Waals surface area contributed by atoms with Crippen molar-refractivity contribution in [2.45, 2.75) is 18.8 Å². The Kier molecular flexibility index (Phi) is 4.74. The summed E-state index contributed by atoms with van der Waals surface area (Å²) < 4.78 is 0. The molecule has 1 N–H and O–H groups in total. The highest BCUT2D eigenvalue weighted by Crippen LogP contribution is 2.34. The molecule has 0 radical (unpaired) electrons. The average Bonchev–Trinajstić information content (AvgIpc) is 3.16. The summed E-state index contributed by atoms with van der Waals surface area (Å²) >= 11 is 6.22. The summed E-state index contributed by atoms with van der Waals surface area (Å²) in [5.41, 5.74) is 3.65. The molecule has 3 heterocycles. The highest BCUT2D eigenvalue weighted by Gasteiger charge is 2.28. The standard InChI is InChI=1S/C20H22ClN5O/c1-25(2)20(27)16-11-23-24-19(16)13-4-3-9-26(12-13)18-7-8-22-17-6-5-14(21)10-15(17)18/h5-8,10-11,13H,3-4,9,12H2,1-2H3,(H,23,24). The number of fused-ring (bicyclic) bond motifs is 1. The number of benzene rings is 1. The van der Waals surface area contributed by atoms with Gasteiger partial charge in [0.1, 0.15) is 0 Å². The number of carbonyl (C=O) groups excluding carboxylic acids is 1. The van der Waals surface area contributed by atoms with Crippen LogP contribution in [-0.4, -0.2) is 53.2 Å². The van der Waals surface area contributed by atoms with Crippen molar-refractivity contribution in [2.24, 2.45) is 0 Å². The van der Waals surface area contributed by atoms with E-state index in [1.807, 2.05) is 30.5 Å². The molecule has 1 amide bonds. The van der Waals surface area contributed by atoms with Gasteiger partial charge in [0.15, 0.2) is 0 Å². The monoisotopic (exact) mass is 383 g/mol. The van der Waals surface area contributed by atoms with Gasteiger partial charge >= 0.3 is 0 Å². The maximum atomic E-state index is 12.5. The van der Waals surface area contributed by atoms with Crippen LogP contribution in [0.15, 0.2) is 36.7 Å². The van der Waals surface area contributed by atoms with Crippen LogP contribution in [0.5, 0.6) is 0 Å². The molecule has 7 heteroatoms. The van der Waals surface area contributed by atoms with Crippen molar-refractivity contribution >= 4 is 34.1 Å². The summed E-state index contributed by atoms with van der Waals surface area (Å²) in [5, 5.41) is 8.98. The molecule has 1 unspecified atom stereocenters. The SMILES string of the molecule is CN(C)C(=O)c1cn[nH]c1C1CCCN(c2ccnc3ccc(Cl)cc23)C1. The molecule has 1 aliphatic heterocycles. The fourth-order valence-electron chi connectivity index (χ4n) is 3.83. The molecule has 1 saturated heterocycles. The largest absolute Gasteiger partial charge is 0.370 e. The fourth-order valence-corrected chi connectivity index (χ4v) is 4.00. The number of aromatic nitrogens is 3. The maximum Gasteiger partial charge on any atom is 0.256 e. The third-order valence-electron chi connectivity index (χ3n) is 5.16. The highest BCUT2D eigenvalue weighted by molar-refractivity contribution is 6.31. The van der Waals surface area contributed by atoms with Gasteiger partial charge < -0.3 is 9.80 Å². The number of hydrogen-bond donors (Lipinski definition) is 1. The average molecular weight is 384 g/mol. The Labute approximate surface area is 163 Å². The van der Waals surface area contributed by atoms with Crippen molar-refractivity contribution in [3.05, 3.63) is 52.9 Å². The summed E-state index contributed by atoms with van der Waals surface area (Å²) in [6.07, 6.45) is 5.55. The number of hydrogen-bond acceptors (Lipinski definition) is 4. The number of rotatable bonds is 3. The summed E-state index contributed by atoms with van der Waals surface area (Å²) in [7, 11) is 3.53. The van der Waals surface area contributed by atoms with Crippen LogP contribution in [0.25, 0.3) is 10.9 Å². The van der Waals surface area contributed by atoms with Gasteiger partial charge in [-0.15, -0.1) is 0 Å². The Bertz CT molecular complexity index is 983. The quantitative estimate of drug-likeness (QED) is 0.749. The van der Waals surface area contributed by atoms with Crippen LogP contribution in [0.4, 0.5) is 5.69 Å². The molecule has 0 bridgehead atoms. The molecule has 4 rings (SSSR count). The summed E-state index contributed by atoms with van der Waals surface area (Å²) in [4.78, 5) is 20.9. The van der Waals surface area contributed by atoms with Gasteiger partial charge in [0.2, 0.25) is 0 Å². The maximum absolute atomic E-state index is 12.5. The second kappa shape index (κ2) is 7.19. The van der Waals surface area contributed by atoms with Crippen LogP contribution in [0.2, 0.25) is 5.02 Å². The lowest BCUT2D eigenvalue weighted by Gasteiger charge is -2.35. The molecule has 0 aliphatic carbocycles. The number of aromatic amines is 1. The van der Waals surface area contributed by atoms with Gasteiger partial charge in [-0.05, 0) is 37.1 Å². The Balaban J connectivity index is 1.66. The molecule has 0 saturated carbocycles. The second-order valence-electron chi connectivity index (χ2n) is 7.17. The molecule has 1 aliphatic rings. The molecule has 3 aromatic rings. The number of anilines is 1. The lowest BCUT2D eigenvalue weighted by atomic mass is 9.91. The van der Waals surface area contributed by atoms with Gasteiger partial charge in [-0.1, -0.05) is 11.6 Å². The van der Waals surface area contributed by atoms with Crippen molar-refractivity contribution < 1.29 is 4.79 Å². The van der Waals surface area contributed by atoms with Gasteiger partial charge in [-0.2, -0.15) is 5.10 Å². The molecular formula is C20H22ClN5O. The van der Waals surface area contributed by atoms with Crippen LogP contribution in [0, 0.1) is 0 Å². The third kappa shape index (κ3) is 3.37. The molecule has 1 aromatic carbocycles. The van der Waals surface area contributed by atoms with E-state index in [9.17, 15) is 4.79 Å². The van der Waals surface area contributed by atoms with E-state index in [1.54, 1.807) is 25.2 Å². The number of nitrogens with one attached hydrogen (secondary N) is 1. The van der Waals surface area contributed by atoms with Crippen LogP contribution in [0.1, 0.15) is 34.8 Å². The van der Waals surface area contributed by atoms with Gasteiger partial charge in [0.05, 0.1) is 23.0 Å². The molecule has 2 aromatic heterocycles. The molecule has 140 valence electrons. The van der Waals surface area contributed by atoms with E-state index >= 15 is 0 Å². The molecule has 1 atom stereocenters. The number of amides is 1. The molecule has 27 heavy (non-hydrogen) atoms. The summed E-state index contributed by atoms with van der Waals surface area (Å²) in [6, 6.07) is 7.83. The predicted octanol–water partition coefficient (Wildman–Crippen LogP) is 3.70. The first kappa shape index (κ1) is 17.8. The predicted molar refractivity (Wildman–Crippen MR) is 108 cm³/mol. The van der Waals surface area contributed by atoms with Crippen LogP contribution in [-0.2, 0) is 0 Å². The number of halogens is 1.